The van der Waals surface area contributed by atoms with E-state index in [9.17, 15) is 26.4 Å². The van der Waals surface area contributed by atoms with Crippen LogP contribution in [-0.4, -0.2) is 101 Å². The molecule has 0 aromatic rings. The van der Waals surface area contributed by atoms with Gasteiger partial charge in [0.25, 0.3) is 0 Å². The number of carbonyl (C=O) groups is 2. The van der Waals surface area contributed by atoms with Gasteiger partial charge >= 0.3 is 91.9 Å². The average molecular weight is 829 g/mol. The summed E-state index contributed by atoms with van der Waals surface area (Å²) in [6.07, 6.45) is 39.0. The first-order chi connectivity index (χ1) is 25.1. The Balaban J connectivity index is -0.0000130. The minimum atomic E-state index is -4.62. The van der Waals surface area contributed by atoms with Crippen molar-refractivity contribution in [1.82, 2.24) is 0 Å². The third-order valence-corrected chi connectivity index (χ3v) is 10.8. The summed E-state index contributed by atoms with van der Waals surface area (Å²) >= 11 is 0. The molecule has 14 heteroatoms. The molecule has 0 radical (unpaired) electrons. The quantitative estimate of drug-likeness (QED) is 0.0333. The first kappa shape index (κ1) is 58.8. The van der Waals surface area contributed by atoms with Crippen LogP contribution < -0.4 is 0 Å². The Kier molecular flexibility index (Phi) is 46.9. The van der Waals surface area contributed by atoms with Crippen LogP contribution in [0.15, 0.2) is 12.2 Å². The Morgan fingerprint density at radius 1 is 0.352 bits per heavy atom. The summed E-state index contributed by atoms with van der Waals surface area (Å²) in [5, 5.41) is 0. The second-order valence-electron chi connectivity index (χ2n) is 14.2. The van der Waals surface area contributed by atoms with E-state index in [1.165, 1.54) is 141 Å². The molecule has 0 bridgehead atoms. The van der Waals surface area contributed by atoms with Gasteiger partial charge in [0.2, 0.25) is 0 Å². The molecule has 0 aliphatic rings. The summed E-state index contributed by atoms with van der Waals surface area (Å²) in [7, 11) is -9.23. The average Bonchev–Trinajstić information content (AvgIpc) is 3.09. The topological polar surface area (TPSA) is 139 Å². The molecule has 0 N–H and O–H groups in total. The molecule has 10 nitrogen and oxygen atoms in total. The summed E-state index contributed by atoms with van der Waals surface area (Å²) in [6, 6.07) is 0. The predicted octanol–water partition coefficient (Wildman–Crippen LogP) is 10.4. The van der Waals surface area contributed by atoms with Gasteiger partial charge in [0.15, 0.2) is 0 Å². The molecule has 0 unspecified atom stereocenters. The van der Waals surface area contributed by atoms with Gasteiger partial charge in [0.1, 0.15) is 0 Å². The molecule has 54 heavy (non-hydrogen) atoms. The second kappa shape index (κ2) is 43.1. The van der Waals surface area contributed by atoms with Crippen molar-refractivity contribution >= 4 is 91.9 Å². The zero-order valence-electron chi connectivity index (χ0n) is 33.1. The molecule has 0 heterocycles. The SMILES string of the molecule is CCCCCCCCCCCCCCCCCCOS(=O)(=O)OC(=O)/C=C/C(=O)OS(=O)(=O)OCCCCCCCCCCCCCCCCCC.[NaH].[NaH]. The number of rotatable bonds is 40. The third kappa shape index (κ3) is 45.2. The fraction of sp³-hybridized carbons (Fsp3) is 0.900. The van der Waals surface area contributed by atoms with Gasteiger partial charge in [-0.05, 0) is 12.8 Å². The third-order valence-electron chi connectivity index (χ3n) is 9.18. The van der Waals surface area contributed by atoms with Gasteiger partial charge in [-0.2, -0.15) is 16.8 Å². The van der Waals surface area contributed by atoms with Gasteiger partial charge in [-0.3, -0.25) is 0 Å². The molecule has 0 aliphatic heterocycles. The van der Waals surface area contributed by atoms with E-state index in [0.717, 1.165) is 51.4 Å². The van der Waals surface area contributed by atoms with Crippen molar-refractivity contribution in [1.29, 1.82) is 0 Å². The van der Waals surface area contributed by atoms with Crippen LogP contribution in [0.4, 0.5) is 0 Å². The summed E-state index contributed by atoms with van der Waals surface area (Å²) < 4.78 is 65.4. The van der Waals surface area contributed by atoms with Crippen molar-refractivity contribution in [3.8, 4) is 0 Å². The van der Waals surface area contributed by atoms with Crippen molar-refractivity contribution in [2.24, 2.45) is 0 Å². The standard InChI is InChI=1S/C40H76O10S2.2Na.2H/c1-3-5-7-9-11-13-15-17-19-21-23-25-27-29-31-33-37-47-51(43,44)49-39(41)35-36-40(42)50-52(45,46)48-38-34-32-30-28-26-24-22-20-18-16-14-12-10-8-6-4-2;;;;/h35-36H,3-34,37-38H2,1-2H3;;;;/b36-35+;;;;. The normalized spacial score (nSPS) is 11.7. The summed E-state index contributed by atoms with van der Waals surface area (Å²) in [5.74, 6) is -2.84. The van der Waals surface area contributed by atoms with Gasteiger partial charge in [-0.15, -0.1) is 0 Å². The molecule has 0 rings (SSSR count). The van der Waals surface area contributed by atoms with Crippen LogP contribution in [0, 0.1) is 0 Å². The Labute approximate surface area is 376 Å². The molecule has 0 aromatic carbocycles. The van der Waals surface area contributed by atoms with E-state index in [1.54, 1.807) is 0 Å². The van der Waals surface area contributed by atoms with E-state index in [2.05, 4.69) is 22.2 Å². The molecule has 0 amide bonds. The van der Waals surface area contributed by atoms with Crippen LogP contribution in [0.25, 0.3) is 0 Å². The fourth-order valence-corrected chi connectivity index (χ4v) is 7.32. The van der Waals surface area contributed by atoms with E-state index in [-0.39, 0.29) is 72.3 Å². The van der Waals surface area contributed by atoms with Crippen molar-refractivity contribution in [3.63, 3.8) is 0 Å². The van der Waals surface area contributed by atoms with Gasteiger partial charge in [0, 0.05) is 12.2 Å². The zero-order chi connectivity index (χ0) is 38.4. The second-order valence-corrected chi connectivity index (χ2v) is 16.6. The van der Waals surface area contributed by atoms with E-state index in [1.807, 2.05) is 0 Å². The number of hydrogen-bond acceptors (Lipinski definition) is 10. The number of carbonyl (C=O) groups excluding carboxylic acids is 2. The summed E-state index contributed by atoms with van der Waals surface area (Å²) in [4.78, 5) is 23.6. The molecular weight excluding hydrogens is 751 g/mol. The zero-order valence-corrected chi connectivity index (χ0v) is 34.7. The van der Waals surface area contributed by atoms with Crippen LogP contribution in [0.3, 0.4) is 0 Å². The van der Waals surface area contributed by atoms with Gasteiger partial charge in [-0.1, -0.05) is 206 Å². The maximum absolute atomic E-state index is 11.9. The van der Waals surface area contributed by atoms with Gasteiger partial charge in [0.05, 0.1) is 13.2 Å². The van der Waals surface area contributed by atoms with Crippen molar-refractivity contribution in [2.75, 3.05) is 13.2 Å². The molecule has 0 fully saturated rings. The Morgan fingerprint density at radius 3 is 0.741 bits per heavy atom. The van der Waals surface area contributed by atoms with Gasteiger partial charge in [-0.25, -0.2) is 18.0 Å². The Morgan fingerprint density at radius 2 is 0.537 bits per heavy atom. The first-order valence-electron chi connectivity index (χ1n) is 21.1. The molecule has 0 spiro atoms. The molecule has 0 atom stereocenters. The molecule has 312 valence electrons. The van der Waals surface area contributed by atoms with Crippen LogP contribution in [0.1, 0.15) is 219 Å². The molecule has 0 aromatic heterocycles. The van der Waals surface area contributed by atoms with Crippen molar-refractivity contribution in [2.45, 2.75) is 219 Å². The summed E-state index contributed by atoms with van der Waals surface area (Å²) in [5.41, 5.74) is 0. The van der Waals surface area contributed by atoms with Gasteiger partial charge < -0.3 is 8.37 Å². The maximum atomic E-state index is 11.9. The van der Waals surface area contributed by atoms with E-state index in [0.29, 0.717) is 25.0 Å². The summed E-state index contributed by atoms with van der Waals surface area (Å²) in [6.45, 7) is 4.23. The van der Waals surface area contributed by atoms with E-state index < -0.39 is 32.7 Å². The van der Waals surface area contributed by atoms with Crippen LogP contribution >= 0.6 is 0 Å². The molecule has 0 aliphatic carbocycles. The molecular formula is C40H78Na2O10S2. The van der Waals surface area contributed by atoms with Crippen LogP contribution in [0.5, 0.6) is 0 Å². The number of hydrogen-bond donors (Lipinski definition) is 0. The molecule has 0 saturated heterocycles. The first-order valence-corrected chi connectivity index (χ1v) is 23.7. The molecule has 0 saturated carbocycles. The van der Waals surface area contributed by atoms with Crippen molar-refractivity contribution < 1.29 is 43.2 Å². The minimum absolute atomic E-state index is 0. The van der Waals surface area contributed by atoms with Crippen LogP contribution in [0.2, 0.25) is 0 Å². The Bertz CT molecular complexity index is 1000. The van der Waals surface area contributed by atoms with Crippen molar-refractivity contribution in [3.05, 3.63) is 12.2 Å². The van der Waals surface area contributed by atoms with E-state index >= 15 is 0 Å². The Hall–Kier alpha value is 0.500. The van der Waals surface area contributed by atoms with Crippen LogP contribution in [-0.2, 0) is 47.1 Å². The van der Waals surface area contributed by atoms with E-state index in [4.69, 9.17) is 8.37 Å². The predicted molar refractivity (Wildman–Crippen MR) is 224 cm³/mol. The monoisotopic (exact) mass is 828 g/mol. The number of unbranched alkanes of at least 4 members (excludes halogenated alkanes) is 30. The fourth-order valence-electron chi connectivity index (χ4n) is 6.06.